The molecule has 6 nitrogen and oxygen atoms in total. The van der Waals surface area contributed by atoms with Crippen molar-refractivity contribution in [2.24, 2.45) is 0 Å². The summed E-state index contributed by atoms with van der Waals surface area (Å²) in [6, 6.07) is 7.46. The van der Waals surface area contributed by atoms with Gasteiger partial charge in [-0.15, -0.1) is 0 Å². The molecule has 0 heterocycles. The molecule has 0 aliphatic carbocycles. The number of aromatic hydroxyl groups is 1. The second-order valence-corrected chi connectivity index (χ2v) is 6.02. The van der Waals surface area contributed by atoms with Gasteiger partial charge in [0.25, 0.3) is 0 Å². The molecule has 0 aliphatic rings. The third-order valence-corrected chi connectivity index (χ3v) is 3.03. The summed E-state index contributed by atoms with van der Waals surface area (Å²) in [5.41, 5.74) is 1.03. The summed E-state index contributed by atoms with van der Waals surface area (Å²) in [5, 5.41) is 9.45. The van der Waals surface area contributed by atoms with Crippen LogP contribution in [0.4, 0.5) is 0 Å². The average molecular weight is 296 g/mol. The lowest BCUT2D eigenvalue weighted by Crippen LogP contribution is -2.10. The lowest BCUT2D eigenvalue weighted by Gasteiger charge is -2.19. The molecule has 0 unspecified atom stereocenters. The minimum atomic E-state index is -2.61. The van der Waals surface area contributed by atoms with E-state index in [1.807, 2.05) is 18.2 Å². The van der Waals surface area contributed by atoms with Gasteiger partial charge in [-0.05, 0) is 17.0 Å². The molecule has 0 saturated carbocycles. The lowest BCUT2D eigenvalue weighted by atomic mass is 9.86. The smallest absolute Gasteiger partial charge is 0.334 e. The maximum absolute atomic E-state index is 9.45. The van der Waals surface area contributed by atoms with Gasteiger partial charge in [0.05, 0.1) is 0 Å². The Bertz CT molecular complexity index is 344. The zero-order chi connectivity index (χ0) is 14.3. The highest BCUT2D eigenvalue weighted by Gasteiger charge is 2.16. The van der Waals surface area contributed by atoms with Crippen LogP contribution < -0.4 is 0 Å². The molecule has 1 aromatic rings. The van der Waals surface area contributed by atoms with E-state index in [-0.39, 0.29) is 5.41 Å². The van der Waals surface area contributed by atoms with Gasteiger partial charge in [0.1, 0.15) is 5.75 Å². The first-order valence-corrected chi connectivity index (χ1v) is 7.30. The fourth-order valence-electron chi connectivity index (χ4n) is 1.17. The topological polar surface area (TPSA) is 110 Å². The molecule has 1 aromatic carbocycles. The second-order valence-electron chi connectivity index (χ2n) is 4.35. The third-order valence-electron chi connectivity index (χ3n) is 1.86. The predicted octanol–water partition coefficient (Wildman–Crippen LogP) is 2.12. The highest BCUT2D eigenvalue weighted by atomic mass is 31.2. The van der Waals surface area contributed by atoms with Gasteiger partial charge in [0, 0.05) is 0 Å². The van der Waals surface area contributed by atoms with Crippen molar-refractivity contribution in [3.8, 4) is 5.75 Å². The first-order chi connectivity index (χ1) is 8.14. The Labute approximate surface area is 109 Å². The Hall–Kier alpha value is -0.320. The maximum atomic E-state index is 9.45. The third kappa shape index (κ3) is 7.90. The Morgan fingerprint density at radius 2 is 1.39 bits per heavy atom. The minimum absolute atomic E-state index is 0.0331. The first-order valence-electron chi connectivity index (χ1n) is 4.97. The molecule has 18 heavy (non-hydrogen) atoms. The van der Waals surface area contributed by atoms with Gasteiger partial charge in [-0.25, -0.2) is 4.31 Å². The number of benzene rings is 1. The molecule has 0 aromatic heterocycles. The Morgan fingerprint density at radius 1 is 0.944 bits per heavy atom. The highest BCUT2D eigenvalue weighted by Crippen LogP contribution is 2.41. The number of rotatable bonds is 2. The maximum Gasteiger partial charge on any atom is 0.334 e. The van der Waals surface area contributed by atoms with Crippen LogP contribution in [0.5, 0.6) is 5.75 Å². The van der Waals surface area contributed by atoms with E-state index in [4.69, 9.17) is 19.6 Å². The summed E-state index contributed by atoms with van der Waals surface area (Å²) >= 11 is 0. The van der Waals surface area contributed by atoms with E-state index in [0.717, 1.165) is 5.56 Å². The monoisotopic (exact) mass is 296 g/mol. The molecule has 8 heteroatoms. The molecule has 0 radical (unpaired) electrons. The van der Waals surface area contributed by atoms with Gasteiger partial charge in [-0.3, -0.25) is 0 Å². The molecule has 0 saturated heterocycles. The van der Waals surface area contributed by atoms with E-state index in [0.29, 0.717) is 5.75 Å². The number of para-hydroxylation sites is 1. The summed E-state index contributed by atoms with van der Waals surface area (Å²) in [4.78, 5) is 31.3. The Balaban J connectivity index is 0.000000360. The Morgan fingerprint density at radius 3 is 1.61 bits per heavy atom. The van der Waals surface area contributed by atoms with Crippen molar-refractivity contribution in [3.05, 3.63) is 29.8 Å². The van der Waals surface area contributed by atoms with Crippen LogP contribution in [-0.4, -0.2) is 24.7 Å². The molecular weight excluding hydrogens is 278 g/mol. The molecule has 0 aliphatic heterocycles. The molecule has 0 spiro atoms. The van der Waals surface area contributed by atoms with Crippen molar-refractivity contribution in [2.75, 3.05) is 0 Å². The van der Waals surface area contributed by atoms with E-state index in [1.54, 1.807) is 6.07 Å². The van der Waals surface area contributed by atoms with Crippen molar-refractivity contribution in [1.82, 2.24) is 0 Å². The summed E-state index contributed by atoms with van der Waals surface area (Å²) in [6.45, 7) is 6.26. The van der Waals surface area contributed by atoms with Gasteiger partial charge in [0.15, 0.2) is 0 Å². The molecule has 0 bridgehead atoms. The number of phenolic OH excluding ortho intramolecular Hbond substituents is 1. The van der Waals surface area contributed by atoms with Crippen LogP contribution in [0, 0.1) is 0 Å². The molecule has 5 N–H and O–H groups in total. The quantitative estimate of drug-likeness (QED) is 0.535. The van der Waals surface area contributed by atoms with Gasteiger partial charge >= 0.3 is 17.2 Å². The van der Waals surface area contributed by atoms with Crippen LogP contribution in [0.2, 0.25) is 0 Å². The Kier molecular flexibility index (Phi) is 7.83. The minimum Gasteiger partial charge on any atom is -0.508 e. The summed E-state index contributed by atoms with van der Waals surface area (Å²) in [6.07, 6.45) is 0. The molecule has 0 fully saturated rings. The van der Waals surface area contributed by atoms with Crippen molar-refractivity contribution in [2.45, 2.75) is 26.2 Å². The van der Waals surface area contributed by atoms with Crippen LogP contribution in [0.25, 0.3) is 0 Å². The van der Waals surface area contributed by atoms with E-state index in [9.17, 15) is 5.11 Å². The van der Waals surface area contributed by atoms with Crippen LogP contribution in [-0.2, 0) is 9.73 Å². The molecule has 0 amide bonds. The molecule has 0 atom stereocenters. The predicted molar refractivity (Wildman–Crippen MR) is 70.6 cm³/mol. The molecule has 1 rings (SSSR count). The van der Waals surface area contributed by atoms with E-state index in [2.05, 4.69) is 25.1 Å². The normalized spacial score (nSPS) is 11.4. The zero-order valence-electron chi connectivity index (χ0n) is 10.3. The van der Waals surface area contributed by atoms with E-state index >= 15 is 0 Å². The largest absolute Gasteiger partial charge is 0.508 e. The number of hydrogen-bond acceptors (Lipinski definition) is 6. The van der Waals surface area contributed by atoms with Crippen LogP contribution in [0.3, 0.4) is 0 Å². The van der Waals surface area contributed by atoms with Crippen molar-refractivity contribution < 1.29 is 29.0 Å². The van der Waals surface area contributed by atoms with E-state index in [1.165, 1.54) is 0 Å². The molecule has 104 valence electrons. The van der Waals surface area contributed by atoms with Crippen molar-refractivity contribution in [3.63, 3.8) is 0 Å². The summed E-state index contributed by atoms with van der Waals surface area (Å²) < 4.78 is 3.60. The second kappa shape index (κ2) is 7.97. The van der Waals surface area contributed by atoms with Crippen LogP contribution in [0.15, 0.2) is 24.3 Å². The summed E-state index contributed by atoms with van der Waals surface area (Å²) in [5.74, 6) is 0.389. The van der Waals surface area contributed by atoms with E-state index < -0.39 is 17.2 Å². The standard InChI is InChI=1S/C10H14O.H4O5P2/c1-10(2,3)8-6-4-5-7-9(8)11;1-6(2)5-7(3)4/h4-7,11H,1-3H3;1-4H. The fraction of sp³-hybridized carbons (Fsp3) is 0.400. The fourth-order valence-corrected chi connectivity index (χ4v) is 1.70. The zero-order valence-corrected chi connectivity index (χ0v) is 12.1. The first kappa shape index (κ1) is 17.7. The van der Waals surface area contributed by atoms with Crippen LogP contribution in [0.1, 0.15) is 26.3 Å². The van der Waals surface area contributed by atoms with Gasteiger partial charge in [-0.2, -0.15) is 0 Å². The molecular formula is C10H18O6P2. The van der Waals surface area contributed by atoms with Gasteiger partial charge in [0.2, 0.25) is 0 Å². The lowest BCUT2D eigenvalue weighted by molar-refractivity contribution is 0.324. The SMILES string of the molecule is CC(C)(C)c1ccccc1O.OP(O)OP(O)O. The van der Waals surface area contributed by atoms with Crippen molar-refractivity contribution >= 4 is 17.2 Å². The number of phenols is 1. The van der Waals surface area contributed by atoms with Gasteiger partial charge in [-0.1, -0.05) is 39.0 Å². The van der Waals surface area contributed by atoms with Gasteiger partial charge < -0.3 is 24.7 Å². The number of hydrogen-bond donors (Lipinski definition) is 5. The van der Waals surface area contributed by atoms with Crippen molar-refractivity contribution in [1.29, 1.82) is 0 Å². The highest BCUT2D eigenvalue weighted by molar-refractivity contribution is 7.53. The van der Waals surface area contributed by atoms with Crippen LogP contribution >= 0.6 is 17.2 Å². The average Bonchev–Trinajstić information content (AvgIpc) is 2.14. The summed E-state index contributed by atoms with van der Waals surface area (Å²) in [7, 11) is -5.22.